The summed E-state index contributed by atoms with van der Waals surface area (Å²) >= 11 is 0. The molecule has 0 bridgehead atoms. The molecule has 1 N–H and O–H groups in total. The van der Waals surface area contributed by atoms with Gasteiger partial charge in [0.15, 0.2) is 0 Å². The fraction of sp³-hybridized carbons (Fsp3) is 1.00. The molecule has 4 heteroatoms. The highest BCUT2D eigenvalue weighted by atomic mass is 15.5. The molecular weight excluding hydrogens is 200 g/mol. The van der Waals surface area contributed by atoms with E-state index in [1.807, 2.05) is 0 Å². The van der Waals surface area contributed by atoms with Crippen molar-refractivity contribution < 1.29 is 0 Å². The van der Waals surface area contributed by atoms with Gasteiger partial charge in [0.25, 0.3) is 0 Å². The number of piperazine rings is 1. The third-order valence-corrected chi connectivity index (χ3v) is 3.98. The van der Waals surface area contributed by atoms with Crippen LogP contribution in [-0.2, 0) is 0 Å². The van der Waals surface area contributed by atoms with Crippen LogP contribution in [0.1, 0.15) is 19.3 Å². The lowest BCUT2D eigenvalue weighted by Crippen LogP contribution is -2.54. The molecule has 0 aromatic rings. The summed E-state index contributed by atoms with van der Waals surface area (Å²) in [5, 5.41) is 2.39. The second-order valence-electron chi connectivity index (χ2n) is 5.28. The van der Waals surface area contributed by atoms with Crippen LogP contribution in [-0.4, -0.2) is 74.2 Å². The molecule has 16 heavy (non-hydrogen) atoms. The Balaban J connectivity index is 1.66. The molecule has 0 aliphatic carbocycles. The van der Waals surface area contributed by atoms with Crippen molar-refractivity contribution >= 4 is 0 Å². The molecule has 0 aromatic heterocycles. The molecule has 2 aliphatic rings. The number of nitrogens with zero attached hydrogens (tertiary/aromatic N) is 3. The number of rotatable bonds is 3. The van der Waals surface area contributed by atoms with E-state index in [4.69, 9.17) is 0 Å². The lowest BCUT2D eigenvalue weighted by atomic mass is 10.0. The zero-order chi connectivity index (χ0) is 11.4. The summed E-state index contributed by atoms with van der Waals surface area (Å²) in [6, 6.07) is 0.744. The zero-order valence-corrected chi connectivity index (χ0v) is 10.8. The van der Waals surface area contributed by atoms with Gasteiger partial charge in [0.2, 0.25) is 0 Å². The highest BCUT2D eigenvalue weighted by Crippen LogP contribution is 2.14. The Kier molecular flexibility index (Phi) is 4.58. The third-order valence-electron chi connectivity index (χ3n) is 3.98. The van der Waals surface area contributed by atoms with Gasteiger partial charge in [-0.1, -0.05) is 6.42 Å². The number of likely N-dealkylation sites (tertiary alicyclic amines) is 1. The molecule has 2 aliphatic heterocycles. The summed E-state index contributed by atoms with van der Waals surface area (Å²) in [5.74, 6) is 0. The first-order valence-electron chi connectivity index (χ1n) is 6.63. The minimum absolute atomic E-state index is 0.744. The Morgan fingerprint density at radius 3 is 2.44 bits per heavy atom. The molecule has 2 saturated heterocycles. The number of piperidine rings is 1. The quantitative estimate of drug-likeness (QED) is 0.743. The second-order valence-corrected chi connectivity index (χ2v) is 5.28. The predicted octanol–water partition coefficient (Wildman–Crippen LogP) is 0.223. The maximum atomic E-state index is 3.61. The van der Waals surface area contributed by atoms with Gasteiger partial charge in [-0.25, -0.2) is 5.01 Å². The van der Waals surface area contributed by atoms with E-state index in [0.717, 1.165) is 25.7 Å². The molecular formula is C12H26N4. The lowest BCUT2D eigenvalue weighted by Gasteiger charge is -2.37. The summed E-state index contributed by atoms with van der Waals surface area (Å²) in [7, 11) is 4.46. The van der Waals surface area contributed by atoms with Crippen molar-refractivity contribution in [1.29, 1.82) is 0 Å². The second kappa shape index (κ2) is 5.96. The molecule has 0 saturated carbocycles. The third kappa shape index (κ3) is 3.42. The van der Waals surface area contributed by atoms with Crippen LogP contribution in [0.5, 0.6) is 0 Å². The Morgan fingerprint density at radius 2 is 1.75 bits per heavy atom. The summed E-state index contributed by atoms with van der Waals surface area (Å²) in [4.78, 5) is 4.90. The average molecular weight is 226 g/mol. The first kappa shape index (κ1) is 12.3. The van der Waals surface area contributed by atoms with Crippen LogP contribution in [0.2, 0.25) is 0 Å². The van der Waals surface area contributed by atoms with Gasteiger partial charge in [0.05, 0.1) is 0 Å². The van der Waals surface area contributed by atoms with E-state index in [9.17, 15) is 0 Å². The molecule has 0 aromatic carbocycles. The molecule has 1 unspecified atom stereocenters. The Bertz CT molecular complexity index is 201. The maximum absolute atomic E-state index is 3.61. The van der Waals surface area contributed by atoms with Crippen LogP contribution in [0.3, 0.4) is 0 Å². The molecule has 2 heterocycles. The fourth-order valence-corrected chi connectivity index (χ4v) is 2.60. The smallest absolute Gasteiger partial charge is 0.0259 e. The van der Waals surface area contributed by atoms with Gasteiger partial charge in [0, 0.05) is 38.8 Å². The number of hydrazine groups is 1. The van der Waals surface area contributed by atoms with Gasteiger partial charge in [-0.05, 0) is 33.5 Å². The molecule has 1 atom stereocenters. The van der Waals surface area contributed by atoms with E-state index in [1.165, 1.54) is 38.9 Å². The SMILES string of the molecule is CN1CCN(NCC2CCCCN2C)CC1. The molecule has 0 amide bonds. The van der Waals surface area contributed by atoms with E-state index in [1.54, 1.807) is 0 Å². The number of likely N-dealkylation sites (N-methyl/N-ethyl adjacent to an activating group) is 2. The molecule has 2 rings (SSSR count). The van der Waals surface area contributed by atoms with Crippen LogP contribution in [0.4, 0.5) is 0 Å². The van der Waals surface area contributed by atoms with E-state index >= 15 is 0 Å². The minimum atomic E-state index is 0.744. The summed E-state index contributed by atoms with van der Waals surface area (Å²) in [6.07, 6.45) is 4.14. The van der Waals surface area contributed by atoms with Gasteiger partial charge in [-0.2, -0.15) is 0 Å². The van der Waals surface area contributed by atoms with Gasteiger partial charge < -0.3 is 9.80 Å². The molecule has 94 valence electrons. The summed E-state index contributed by atoms with van der Waals surface area (Å²) < 4.78 is 0. The van der Waals surface area contributed by atoms with Crippen LogP contribution in [0, 0.1) is 0 Å². The van der Waals surface area contributed by atoms with Gasteiger partial charge in [-0.3, -0.25) is 5.43 Å². The fourth-order valence-electron chi connectivity index (χ4n) is 2.60. The topological polar surface area (TPSA) is 21.8 Å². The lowest BCUT2D eigenvalue weighted by molar-refractivity contribution is 0.0816. The van der Waals surface area contributed by atoms with Crippen LogP contribution in [0.15, 0.2) is 0 Å². The van der Waals surface area contributed by atoms with E-state index in [2.05, 4.69) is 34.3 Å². The predicted molar refractivity (Wildman–Crippen MR) is 67.3 cm³/mol. The van der Waals surface area contributed by atoms with E-state index in [0.29, 0.717) is 0 Å². The monoisotopic (exact) mass is 226 g/mol. The van der Waals surface area contributed by atoms with Crippen molar-refractivity contribution in [3.8, 4) is 0 Å². The molecule has 4 nitrogen and oxygen atoms in total. The normalized spacial score (nSPS) is 30.8. The summed E-state index contributed by atoms with van der Waals surface area (Å²) in [5.41, 5.74) is 3.61. The van der Waals surface area contributed by atoms with Crippen molar-refractivity contribution in [2.45, 2.75) is 25.3 Å². The van der Waals surface area contributed by atoms with Crippen LogP contribution < -0.4 is 5.43 Å². The van der Waals surface area contributed by atoms with Gasteiger partial charge in [0.1, 0.15) is 0 Å². The largest absolute Gasteiger partial charge is 0.304 e. The highest BCUT2D eigenvalue weighted by molar-refractivity contribution is 4.76. The van der Waals surface area contributed by atoms with Crippen LogP contribution >= 0.6 is 0 Å². The van der Waals surface area contributed by atoms with Gasteiger partial charge >= 0.3 is 0 Å². The number of hydrogen-bond donors (Lipinski definition) is 1. The summed E-state index contributed by atoms with van der Waals surface area (Å²) in [6.45, 7) is 7.09. The number of hydrogen-bond acceptors (Lipinski definition) is 4. The van der Waals surface area contributed by atoms with Gasteiger partial charge in [-0.15, -0.1) is 0 Å². The van der Waals surface area contributed by atoms with Crippen molar-refractivity contribution in [2.24, 2.45) is 0 Å². The van der Waals surface area contributed by atoms with Crippen LogP contribution in [0.25, 0.3) is 0 Å². The molecule has 2 fully saturated rings. The van der Waals surface area contributed by atoms with Crippen molar-refractivity contribution in [3.05, 3.63) is 0 Å². The van der Waals surface area contributed by atoms with Crippen molar-refractivity contribution in [2.75, 3.05) is 53.4 Å². The first-order valence-corrected chi connectivity index (χ1v) is 6.63. The average Bonchev–Trinajstić information content (AvgIpc) is 2.30. The number of nitrogens with one attached hydrogen (secondary N) is 1. The highest BCUT2D eigenvalue weighted by Gasteiger charge is 2.20. The van der Waals surface area contributed by atoms with Crippen molar-refractivity contribution in [3.63, 3.8) is 0 Å². The maximum Gasteiger partial charge on any atom is 0.0259 e. The van der Waals surface area contributed by atoms with E-state index in [-0.39, 0.29) is 0 Å². The van der Waals surface area contributed by atoms with Crippen molar-refractivity contribution in [1.82, 2.24) is 20.2 Å². The minimum Gasteiger partial charge on any atom is -0.304 e. The Labute approximate surface area is 99.5 Å². The standard InChI is InChI=1S/C12H26N4/c1-14-7-9-16(10-8-14)13-11-12-5-3-4-6-15(12)2/h12-13H,3-11H2,1-2H3. The Morgan fingerprint density at radius 1 is 1.00 bits per heavy atom. The Hall–Kier alpha value is -0.160. The first-order chi connectivity index (χ1) is 7.75. The molecule has 0 radical (unpaired) electrons. The zero-order valence-electron chi connectivity index (χ0n) is 10.8. The molecule has 0 spiro atoms. The van der Waals surface area contributed by atoms with E-state index < -0.39 is 0 Å².